The summed E-state index contributed by atoms with van der Waals surface area (Å²) in [5, 5.41) is 4.63. The molecular formula is C14H19ClN4. The molecule has 0 amide bonds. The second-order valence-electron chi connectivity index (χ2n) is 4.88. The number of hydrogen-bond donors (Lipinski definition) is 1. The van der Waals surface area contributed by atoms with Gasteiger partial charge in [-0.05, 0) is 25.3 Å². The van der Waals surface area contributed by atoms with Gasteiger partial charge in [0.25, 0.3) is 0 Å². The zero-order chi connectivity index (χ0) is 12.4. The number of nitrogens with two attached hydrogens (primary N) is 1. The molecule has 2 aromatic rings. The van der Waals surface area contributed by atoms with Crippen LogP contribution in [0.2, 0.25) is 0 Å². The quantitative estimate of drug-likeness (QED) is 0.913. The Morgan fingerprint density at radius 2 is 1.95 bits per heavy atom. The molecule has 19 heavy (non-hydrogen) atoms. The van der Waals surface area contributed by atoms with Gasteiger partial charge in [-0.25, -0.2) is 9.67 Å². The molecule has 1 aliphatic rings. The van der Waals surface area contributed by atoms with Gasteiger partial charge in [-0.2, -0.15) is 5.10 Å². The largest absolute Gasteiger partial charge is 0.330 e. The molecule has 5 heteroatoms. The van der Waals surface area contributed by atoms with Gasteiger partial charge in [0, 0.05) is 18.5 Å². The SMILES string of the molecule is Cl.NCCc1nc(-c2ccccc2)nn1CC1CC1. The van der Waals surface area contributed by atoms with Crippen LogP contribution in [0.3, 0.4) is 0 Å². The van der Waals surface area contributed by atoms with E-state index >= 15 is 0 Å². The van der Waals surface area contributed by atoms with Gasteiger partial charge in [0.05, 0.1) is 0 Å². The molecule has 0 atom stereocenters. The molecule has 1 saturated carbocycles. The first-order valence-electron chi connectivity index (χ1n) is 6.56. The van der Waals surface area contributed by atoms with Gasteiger partial charge in [-0.15, -0.1) is 12.4 Å². The predicted octanol–water partition coefficient (Wildman–Crippen LogP) is 2.28. The Morgan fingerprint density at radius 1 is 1.21 bits per heavy atom. The zero-order valence-corrected chi connectivity index (χ0v) is 11.6. The summed E-state index contributed by atoms with van der Waals surface area (Å²) in [6, 6.07) is 10.1. The summed E-state index contributed by atoms with van der Waals surface area (Å²) < 4.78 is 2.05. The van der Waals surface area contributed by atoms with Gasteiger partial charge < -0.3 is 5.73 Å². The van der Waals surface area contributed by atoms with Crippen LogP contribution < -0.4 is 5.73 Å². The topological polar surface area (TPSA) is 56.7 Å². The average molecular weight is 279 g/mol. The number of benzene rings is 1. The van der Waals surface area contributed by atoms with Gasteiger partial charge in [-0.1, -0.05) is 30.3 Å². The standard InChI is InChI=1S/C14H18N4.ClH/c15-9-8-13-16-14(12-4-2-1-3-5-12)17-18(13)10-11-6-7-11;/h1-5,11H,6-10,15H2;1H. The van der Waals surface area contributed by atoms with Crippen LogP contribution in [0.1, 0.15) is 18.7 Å². The molecule has 0 radical (unpaired) electrons. The molecule has 1 aromatic carbocycles. The van der Waals surface area contributed by atoms with Crippen molar-refractivity contribution in [2.24, 2.45) is 11.7 Å². The van der Waals surface area contributed by atoms with Crippen LogP contribution in [-0.4, -0.2) is 21.3 Å². The van der Waals surface area contributed by atoms with Crippen molar-refractivity contribution in [3.8, 4) is 11.4 Å². The lowest BCUT2D eigenvalue weighted by Crippen LogP contribution is -2.12. The fourth-order valence-corrected chi connectivity index (χ4v) is 2.09. The maximum absolute atomic E-state index is 5.64. The van der Waals surface area contributed by atoms with Gasteiger partial charge >= 0.3 is 0 Å². The predicted molar refractivity (Wildman–Crippen MR) is 78.2 cm³/mol. The number of hydrogen-bond acceptors (Lipinski definition) is 3. The van der Waals surface area contributed by atoms with Crippen LogP contribution in [-0.2, 0) is 13.0 Å². The van der Waals surface area contributed by atoms with Crippen LogP contribution in [0, 0.1) is 5.92 Å². The minimum absolute atomic E-state index is 0. The first-order chi connectivity index (χ1) is 8.86. The second-order valence-corrected chi connectivity index (χ2v) is 4.88. The Bertz CT molecular complexity index is 519. The third-order valence-corrected chi connectivity index (χ3v) is 3.28. The molecule has 0 bridgehead atoms. The third-order valence-electron chi connectivity index (χ3n) is 3.28. The van der Waals surface area contributed by atoms with Crippen molar-refractivity contribution in [2.75, 3.05) is 6.54 Å². The summed E-state index contributed by atoms with van der Waals surface area (Å²) in [6.07, 6.45) is 3.44. The summed E-state index contributed by atoms with van der Waals surface area (Å²) in [4.78, 5) is 4.62. The summed E-state index contributed by atoms with van der Waals surface area (Å²) in [7, 11) is 0. The van der Waals surface area contributed by atoms with Crippen LogP contribution in [0.25, 0.3) is 11.4 Å². The van der Waals surface area contributed by atoms with E-state index in [1.807, 2.05) is 35.0 Å². The van der Waals surface area contributed by atoms with Crippen LogP contribution in [0.15, 0.2) is 30.3 Å². The molecule has 1 aliphatic carbocycles. The second kappa shape index (κ2) is 6.17. The fourth-order valence-electron chi connectivity index (χ4n) is 2.09. The van der Waals surface area contributed by atoms with Gasteiger partial charge in [0.2, 0.25) is 0 Å². The number of nitrogens with zero attached hydrogens (tertiary/aromatic N) is 3. The monoisotopic (exact) mass is 278 g/mol. The molecule has 2 N–H and O–H groups in total. The molecule has 0 unspecified atom stereocenters. The van der Waals surface area contributed by atoms with E-state index in [1.54, 1.807) is 0 Å². The lowest BCUT2D eigenvalue weighted by atomic mass is 10.2. The highest BCUT2D eigenvalue weighted by Gasteiger charge is 2.24. The van der Waals surface area contributed by atoms with E-state index in [0.29, 0.717) is 6.54 Å². The van der Waals surface area contributed by atoms with Crippen molar-refractivity contribution >= 4 is 12.4 Å². The molecule has 0 aliphatic heterocycles. The lowest BCUT2D eigenvalue weighted by Gasteiger charge is -2.02. The molecule has 0 saturated heterocycles. The number of halogens is 1. The van der Waals surface area contributed by atoms with E-state index in [2.05, 4.69) is 10.1 Å². The Hall–Kier alpha value is -1.39. The number of aromatic nitrogens is 3. The normalized spacial score (nSPS) is 14.2. The maximum atomic E-state index is 5.64. The molecule has 1 aromatic heterocycles. The molecule has 4 nitrogen and oxygen atoms in total. The van der Waals surface area contributed by atoms with Crippen LogP contribution in [0.5, 0.6) is 0 Å². The molecule has 1 heterocycles. The fraction of sp³-hybridized carbons (Fsp3) is 0.429. The molecule has 1 fully saturated rings. The van der Waals surface area contributed by atoms with E-state index < -0.39 is 0 Å². The van der Waals surface area contributed by atoms with Crippen molar-refractivity contribution in [3.63, 3.8) is 0 Å². The third kappa shape index (κ3) is 3.33. The first-order valence-corrected chi connectivity index (χ1v) is 6.56. The van der Waals surface area contributed by atoms with Crippen molar-refractivity contribution < 1.29 is 0 Å². The van der Waals surface area contributed by atoms with Gasteiger partial charge in [0.15, 0.2) is 5.82 Å². The Balaban J connectivity index is 0.00000133. The highest BCUT2D eigenvalue weighted by molar-refractivity contribution is 5.85. The molecular weight excluding hydrogens is 260 g/mol. The molecule has 0 spiro atoms. The van der Waals surface area contributed by atoms with Crippen molar-refractivity contribution in [1.82, 2.24) is 14.8 Å². The summed E-state index contributed by atoms with van der Waals surface area (Å²) in [5.41, 5.74) is 6.72. The highest BCUT2D eigenvalue weighted by Crippen LogP contribution is 2.31. The molecule has 102 valence electrons. The first kappa shape index (κ1) is 14.0. The number of rotatable bonds is 5. The van der Waals surface area contributed by atoms with E-state index in [0.717, 1.165) is 36.1 Å². The van der Waals surface area contributed by atoms with E-state index in [4.69, 9.17) is 5.73 Å². The van der Waals surface area contributed by atoms with Crippen LogP contribution >= 0.6 is 12.4 Å². The van der Waals surface area contributed by atoms with Crippen molar-refractivity contribution in [2.45, 2.75) is 25.8 Å². The molecule has 3 rings (SSSR count). The zero-order valence-electron chi connectivity index (χ0n) is 10.8. The summed E-state index contributed by atoms with van der Waals surface area (Å²) >= 11 is 0. The summed E-state index contributed by atoms with van der Waals surface area (Å²) in [5.74, 6) is 2.63. The van der Waals surface area contributed by atoms with Crippen LogP contribution in [0.4, 0.5) is 0 Å². The lowest BCUT2D eigenvalue weighted by molar-refractivity contribution is 0.536. The van der Waals surface area contributed by atoms with Gasteiger partial charge in [0.1, 0.15) is 5.82 Å². The van der Waals surface area contributed by atoms with Gasteiger partial charge in [-0.3, -0.25) is 0 Å². The van der Waals surface area contributed by atoms with Crippen molar-refractivity contribution in [3.05, 3.63) is 36.2 Å². The van der Waals surface area contributed by atoms with Crippen molar-refractivity contribution in [1.29, 1.82) is 0 Å². The highest BCUT2D eigenvalue weighted by atomic mass is 35.5. The minimum Gasteiger partial charge on any atom is -0.330 e. The van der Waals surface area contributed by atoms with E-state index in [-0.39, 0.29) is 12.4 Å². The Labute approximate surface area is 119 Å². The Morgan fingerprint density at radius 3 is 2.58 bits per heavy atom. The minimum atomic E-state index is 0. The smallest absolute Gasteiger partial charge is 0.181 e. The summed E-state index contributed by atoms with van der Waals surface area (Å²) in [6.45, 7) is 1.62. The average Bonchev–Trinajstić information content (AvgIpc) is 3.13. The Kier molecular flexibility index (Phi) is 4.56. The van der Waals surface area contributed by atoms with E-state index in [9.17, 15) is 0 Å². The maximum Gasteiger partial charge on any atom is 0.181 e. The van der Waals surface area contributed by atoms with E-state index in [1.165, 1.54) is 12.8 Å².